The molecule has 2 unspecified atom stereocenters. The Morgan fingerprint density at radius 3 is 2.46 bits per heavy atom. The van der Waals surface area contributed by atoms with Crippen LogP contribution in [0.15, 0.2) is 24.3 Å². The molecule has 2 atom stereocenters. The summed E-state index contributed by atoms with van der Waals surface area (Å²) in [5.74, 6) is -0.963. The van der Waals surface area contributed by atoms with E-state index < -0.39 is 24.2 Å². The van der Waals surface area contributed by atoms with Gasteiger partial charge in [-0.2, -0.15) is 0 Å². The molecule has 0 aromatic heterocycles. The molecule has 1 aromatic carbocycles. The van der Waals surface area contributed by atoms with Gasteiger partial charge in [0.2, 0.25) is 5.91 Å². The van der Waals surface area contributed by atoms with E-state index in [0.29, 0.717) is 12.0 Å². The van der Waals surface area contributed by atoms with Gasteiger partial charge in [-0.3, -0.25) is 14.4 Å². The molecule has 2 amide bonds. The number of rotatable bonds is 9. The van der Waals surface area contributed by atoms with E-state index in [0.717, 1.165) is 5.56 Å². The molecule has 1 aromatic rings. The maximum absolute atomic E-state index is 12.5. The Labute approximate surface area is 153 Å². The van der Waals surface area contributed by atoms with Crippen LogP contribution in [0.4, 0.5) is 0 Å². The Morgan fingerprint density at radius 2 is 1.92 bits per heavy atom. The molecule has 7 nitrogen and oxygen atoms in total. The van der Waals surface area contributed by atoms with Gasteiger partial charge in [0.1, 0.15) is 0 Å². The maximum atomic E-state index is 12.5. The number of aryl methyl sites for hydroxylation is 1. The molecule has 1 fully saturated rings. The Kier molecular flexibility index (Phi) is 6.50. The second-order valence-corrected chi connectivity index (χ2v) is 7.05. The van der Waals surface area contributed by atoms with Crippen LogP contribution in [0.1, 0.15) is 36.2 Å². The van der Waals surface area contributed by atoms with E-state index in [1.165, 1.54) is 0 Å². The van der Waals surface area contributed by atoms with Crippen LogP contribution in [0, 0.1) is 12.8 Å². The second kappa shape index (κ2) is 8.42. The first kappa shape index (κ1) is 20.1. The fourth-order valence-corrected chi connectivity index (χ4v) is 2.75. The van der Waals surface area contributed by atoms with Crippen LogP contribution >= 0.6 is 0 Å². The van der Waals surface area contributed by atoms with E-state index in [-0.39, 0.29) is 30.8 Å². The molecule has 142 valence electrons. The molecule has 26 heavy (non-hydrogen) atoms. The molecule has 0 bridgehead atoms. The highest BCUT2D eigenvalue weighted by Crippen LogP contribution is 2.29. The average Bonchev–Trinajstić information content (AvgIpc) is 3.39. The largest absolute Gasteiger partial charge is 0.393 e. The smallest absolute Gasteiger partial charge is 0.251 e. The van der Waals surface area contributed by atoms with E-state index in [4.69, 9.17) is 4.74 Å². The highest BCUT2D eigenvalue weighted by molar-refractivity contribution is 5.99. The predicted molar refractivity (Wildman–Crippen MR) is 95.7 cm³/mol. The van der Waals surface area contributed by atoms with E-state index in [9.17, 15) is 19.5 Å². The van der Waals surface area contributed by atoms with Gasteiger partial charge in [0.05, 0.1) is 25.8 Å². The van der Waals surface area contributed by atoms with Crippen molar-refractivity contribution in [2.75, 3.05) is 19.8 Å². The van der Waals surface area contributed by atoms with Gasteiger partial charge in [-0.05, 0) is 30.9 Å². The lowest BCUT2D eigenvalue weighted by molar-refractivity contribution is -0.131. The number of nitrogens with one attached hydrogen (secondary N) is 2. The summed E-state index contributed by atoms with van der Waals surface area (Å²) in [5.41, 5.74) is 0.131. The minimum atomic E-state index is -1.18. The topological polar surface area (TPSA) is 108 Å². The van der Waals surface area contributed by atoms with E-state index >= 15 is 0 Å². The van der Waals surface area contributed by atoms with Crippen LogP contribution in [0.2, 0.25) is 0 Å². The maximum Gasteiger partial charge on any atom is 0.251 e. The Hall–Kier alpha value is -2.25. The van der Waals surface area contributed by atoms with Crippen molar-refractivity contribution in [1.29, 1.82) is 0 Å². The first-order valence-electron chi connectivity index (χ1n) is 8.71. The highest BCUT2D eigenvalue weighted by Gasteiger charge is 2.54. The first-order valence-corrected chi connectivity index (χ1v) is 8.71. The van der Waals surface area contributed by atoms with Crippen LogP contribution in [0.3, 0.4) is 0 Å². The molecule has 0 radical (unpaired) electrons. The van der Waals surface area contributed by atoms with Crippen molar-refractivity contribution < 1.29 is 24.2 Å². The second-order valence-electron chi connectivity index (χ2n) is 7.05. The molecule has 0 spiro atoms. The zero-order valence-electron chi connectivity index (χ0n) is 15.4. The number of epoxide rings is 1. The molecule has 7 heteroatoms. The Balaban J connectivity index is 1.93. The third kappa shape index (κ3) is 4.89. The molecular formula is C19H26N2O5. The Morgan fingerprint density at radius 1 is 1.27 bits per heavy atom. The average molecular weight is 362 g/mol. The number of benzene rings is 1. The number of Topliss-reactive ketones (excluding diaryl/α,β-unsaturated/α-hetero) is 1. The predicted octanol–water partition coefficient (Wildman–Crippen LogP) is 0.586. The lowest BCUT2D eigenvalue weighted by Crippen LogP contribution is -2.51. The van der Waals surface area contributed by atoms with Gasteiger partial charge in [-0.1, -0.05) is 32.0 Å². The number of carbonyl (C=O) groups is 3. The number of carbonyl (C=O) groups excluding carboxylic acids is 3. The molecule has 1 aliphatic heterocycles. The molecule has 3 N–H and O–H groups in total. The molecular weight excluding hydrogens is 336 g/mol. The lowest BCUT2D eigenvalue weighted by Gasteiger charge is -2.22. The van der Waals surface area contributed by atoms with Crippen LogP contribution in [0.25, 0.3) is 0 Å². The van der Waals surface area contributed by atoms with E-state index in [1.54, 1.807) is 12.1 Å². The van der Waals surface area contributed by atoms with Crippen molar-refractivity contribution in [3.05, 3.63) is 35.4 Å². The SMILES string of the molecule is Cc1ccccc1C(=O)NCC(=O)NC(CC(C)C)C(=O)C1(CO)CO1. The number of aliphatic hydroxyl groups is 1. The zero-order chi connectivity index (χ0) is 19.3. The van der Waals surface area contributed by atoms with Crippen molar-refractivity contribution in [2.24, 2.45) is 5.92 Å². The van der Waals surface area contributed by atoms with Crippen LogP contribution < -0.4 is 10.6 Å². The summed E-state index contributed by atoms with van der Waals surface area (Å²) in [7, 11) is 0. The zero-order valence-corrected chi connectivity index (χ0v) is 15.4. The monoisotopic (exact) mass is 362 g/mol. The number of ketones is 1. The standard InChI is InChI=1S/C19H26N2O5/c1-12(2)8-15(17(24)19(10-22)11-26-19)21-16(23)9-20-18(25)14-7-5-4-6-13(14)3/h4-7,12,15,22H,8-11H2,1-3H3,(H,20,25)(H,21,23). The fourth-order valence-electron chi connectivity index (χ4n) is 2.75. The summed E-state index contributed by atoms with van der Waals surface area (Å²) < 4.78 is 5.10. The van der Waals surface area contributed by atoms with Gasteiger partial charge in [0.25, 0.3) is 5.91 Å². The molecule has 1 aliphatic rings. The highest BCUT2D eigenvalue weighted by atomic mass is 16.6. The van der Waals surface area contributed by atoms with Crippen molar-refractivity contribution in [3.8, 4) is 0 Å². The minimum Gasteiger partial charge on any atom is -0.393 e. The summed E-state index contributed by atoms with van der Waals surface area (Å²) in [6.07, 6.45) is 0.432. The third-order valence-electron chi connectivity index (χ3n) is 4.36. The van der Waals surface area contributed by atoms with Gasteiger partial charge in [-0.25, -0.2) is 0 Å². The number of hydrogen-bond acceptors (Lipinski definition) is 5. The van der Waals surface area contributed by atoms with E-state index in [2.05, 4.69) is 10.6 Å². The summed E-state index contributed by atoms with van der Waals surface area (Å²) in [4.78, 5) is 36.9. The fraction of sp³-hybridized carbons (Fsp3) is 0.526. The molecule has 0 aliphatic carbocycles. The van der Waals surface area contributed by atoms with Crippen molar-refractivity contribution in [1.82, 2.24) is 10.6 Å². The van der Waals surface area contributed by atoms with Crippen LogP contribution in [-0.2, 0) is 14.3 Å². The number of aliphatic hydroxyl groups excluding tert-OH is 1. The number of ether oxygens (including phenoxy) is 1. The van der Waals surface area contributed by atoms with Crippen LogP contribution in [0.5, 0.6) is 0 Å². The van der Waals surface area contributed by atoms with Gasteiger partial charge >= 0.3 is 0 Å². The summed E-state index contributed by atoms with van der Waals surface area (Å²) in [6.45, 7) is 5.22. The molecule has 2 rings (SSSR count). The van der Waals surface area contributed by atoms with Gasteiger partial charge < -0.3 is 20.5 Å². The van der Waals surface area contributed by atoms with Gasteiger partial charge in [0, 0.05) is 5.56 Å². The number of amides is 2. The van der Waals surface area contributed by atoms with Crippen LogP contribution in [-0.4, -0.2) is 54.1 Å². The van der Waals surface area contributed by atoms with Crippen molar-refractivity contribution in [3.63, 3.8) is 0 Å². The van der Waals surface area contributed by atoms with Crippen molar-refractivity contribution >= 4 is 17.6 Å². The third-order valence-corrected chi connectivity index (χ3v) is 4.36. The number of hydrogen-bond donors (Lipinski definition) is 3. The van der Waals surface area contributed by atoms with Gasteiger partial charge in [0.15, 0.2) is 11.4 Å². The Bertz CT molecular complexity index is 682. The van der Waals surface area contributed by atoms with Crippen molar-refractivity contribution in [2.45, 2.75) is 38.8 Å². The summed E-state index contributed by atoms with van der Waals surface area (Å²) in [5, 5.41) is 14.6. The molecule has 1 heterocycles. The lowest BCUT2D eigenvalue weighted by atomic mass is 9.93. The molecule has 1 saturated heterocycles. The first-order chi connectivity index (χ1) is 12.3. The quantitative estimate of drug-likeness (QED) is 0.557. The molecule has 0 saturated carbocycles. The summed E-state index contributed by atoms with van der Waals surface area (Å²) >= 11 is 0. The summed E-state index contributed by atoms with van der Waals surface area (Å²) in [6, 6.07) is 6.33. The normalized spacial score (nSPS) is 19.7. The minimum absolute atomic E-state index is 0.164. The van der Waals surface area contributed by atoms with E-state index in [1.807, 2.05) is 32.9 Å². The van der Waals surface area contributed by atoms with Gasteiger partial charge in [-0.15, -0.1) is 0 Å².